The molecule has 2 aromatic rings. The number of unbranched alkanes of at least 4 members (excludes halogenated alkanes) is 1. The van der Waals surface area contributed by atoms with Crippen LogP contribution in [0.15, 0.2) is 55.5 Å². The highest BCUT2D eigenvalue weighted by Crippen LogP contribution is 2.06. The summed E-state index contributed by atoms with van der Waals surface area (Å²) in [6.07, 6.45) is 7.86. The molecule has 26 heavy (non-hydrogen) atoms. The van der Waals surface area contributed by atoms with Gasteiger partial charge in [-0.25, -0.2) is 4.98 Å². The van der Waals surface area contributed by atoms with E-state index in [1.807, 2.05) is 35.0 Å². The number of nitrogens with zero attached hydrogens (tertiary/aromatic N) is 3. The minimum Gasteiger partial charge on any atom is -0.344 e. The highest BCUT2D eigenvalue weighted by Gasteiger charge is 2.19. The zero-order valence-electron chi connectivity index (χ0n) is 15.1. The number of allylic oxidation sites excluding steroid dienone is 1. The van der Waals surface area contributed by atoms with Gasteiger partial charge in [-0.3, -0.25) is 4.79 Å². The molecule has 2 N–H and O–H groups in total. The first kappa shape index (κ1) is 24.2. The maximum Gasteiger partial charge on any atom is 0.239 e. The maximum absolute atomic E-state index is 12.3. The summed E-state index contributed by atoms with van der Waals surface area (Å²) in [5.41, 5.74) is 8.11. The monoisotopic (exact) mass is 398 g/mol. The molecule has 1 aromatic carbocycles. The fraction of sp³-hybridized carbons (Fsp3) is 0.368. The summed E-state index contributed by atoms with van der Waals surface area (Å²) in [5, 5.41) is 0. The van der Waals surface area contributed by atoms with Crippen LogP contribution in [0.25, 0.3) is 0 Å². The topological polar surface area (TPSA) is 64.2 Å². The highest BCUT2D eigenvalue weighted by molar-refractivity contribution is 5.85. The average molecular weight is 399 g/mol. The van der Waals surface area contributed by atoms with Gasteiger partial charge in [-0.15, -0.1) is 31.4 Å². The standard InChI is InChI=1S/C19H26N4O.2ClH/c1-3-4-8-11-22(2)19(24)18(20)12-17-14-23(15-21-17)13-16-9-6-5-7-10-16;;/h3,5-7,9-10,14-15,18H,1,4,8,11-13,20H2,2H3;2*1H/t18-;;/m0../s1. The van der Waals surface area contributed by atoms with Crippen molar-refractivity contribution in [2.75, 3.05) is 13.6 Å². The smallest absolute Gasteiger partial charge is 0.239 e. The van der Waals surface area contributed by atoms with Crippen LogP contribution in [0.4, 0.5) is 0 Å². The fourth-order valence-corrected chi connectivity index (χ4v) is 2.57. The van der Waals surface area contributed by atoms with Crippen molar-refractivity contribution in [3.8, 4) is 0 Å². The third-order valence-corrected chi connectivity index (χ3v) is 3.92. The normalized spacial score (nSPS) is 11.0. The number of hydrogen-bond acceptors (Lipinski definition) is 3. The van der Waals surface area contributed by atoms with E-state index in [9.17, 15) is 4.79 Å². The maximum atomic E-state index is 12.3. The second-order valence-electron chi connectivity index (χ2n) is 6.02. The lowest BCUT2D eigenvalue weighted by atomic mass is 10.1. The van der Waals surface area contributed by atoms with Gasteiger partial charge in [0, 0.05) is 32.8 Å². The summed E-state index contributed by atoms with van der Waals surface area (Å²) in [6, 6.07) is 9.63. The van der Waals surface area contributed by atoms with Crippen LogP contribution < -0.4 is 5.73 Å². The van der Waals surface area contributed by atoms with Crippen LogP contribution in [0.1, 0.15) is 24.1 Å². The van der Waals surface area contributed by atoms with Gasteiger partial charge in [0.25, 0.3) is 0 Å². The molecule has 0 fully saturated rings. The van der Waals surface area contributed by atoms with Gasteiger partial charge in [-0.2, -0.15) is 0 Å². The lowest BCUT2D eigenvalue weighted by Crippen LogP contribution is -2.43. The number of benzene rings is 1. The molecule has 144 valence electrons. The summed E-state index contributed by atoms with van der Waals surface area (Å²) in [4.78, 5) is 18.3. The number of likely N-dealkylation sites (N-methyl/N-ethyl adjacent to an activating group) is 1. The predicted molar refractivity (Wildman–Crippen MR) is 111 cm³/mol. The lowest BCUT2D eigenvalue weighted by molar-refractivity contribution is -0.131. The van der Waals surface area contributed by atoms with Gasteiger partial charge in [0.2, 0.25) is 5.91 Å². The lowest BCUT2D eigenvalue weighted by Gasteiger charge is -2.20. The summed E-state index contributed by atoms with van der Waals surface area (Å²) in [5.74, 6) is -0.0447. The first-order chi connectivity index (χ1) is 11.6. The van der Waals surface area contributed by atoms with E-state index in [1.165, 1.54) is 5.56 Å². The van der Waals surface area contributed by atoms with Gasteiger partial charge < -0.3 is 15.2 Å². The quantitative estimate of drug-likeness (QED) is 0.521. The summed E-state index contributed by atoms with van der Waals surface area (Å²) in [6.45, 7) is 5.14. The van der Waals surface area contributed by atoms with Crippen molar-refractivity contribution in [2.24, 2.45) is 5.73 Å². The molecule has 0 saturated heterocycles. The Morgan fingerprint density at radius 1 is 1.35 bits per heavy atom. The van der Waals surface area contributed by atoms with Crippen molar-refractivity contribution in [2.45, 2.75) is 31.8 Å². The Bertz CT molecular complexity index is 661. The zero-order chi connectivity index (χ0) is 17.4. The molecule has 5 nitrogen and oxygen atoms in total. The summed E-state index contributed by atoms with van der Waals surface area (Å²) in [7, 11) is 1.79. The Morgan fingerprint density at radius 3 is 2.69 bits per heavy atom. The second kappa shape index (κ2) is 12.5. The van der Waals surface area contributed by atoms with Crippen molar-refractivity contribution in [1.82, 2.24) is 14.5 Å². The molecule has 0 saturated carbocycles. The highest BCUT2D eigenvalue weighted by atomic mass is 35.5. The van der Waals surface area contributed by atoms with Crippen LogP contribution in [-0.2, 0) is 17.8 Å². The molecule has 2 rings (SSSR count). The summed E-state index contributed by atoms with van der Waals surface area (Å²) < 4.78 is 2.01. The zero-order valence-corrected chi connectivity index (χ0v) is 16.7. The van der Waals surface area contributed by atoms with E-state index < -0.39 is 6.04 Å². The molecule has 1 aromatic heterocycles. The fourth-order valence-electron chi connectivity index (χ4n) is 2.57. The average Bonchev–Trinajstić information content (AvgIpc) is 3.02. The Kier molecular flexibility index (Phi) is 11.6. The molecule has 1 amide bonds. The molecule has 0 radical (unpaired) electrons. The third kappa shape index (κ3) is 7.60. The number of rotatable bonds is 9. The Balaban J connectivity index is 0.00000312. The predicted octanol–water partition coefficient (Wildman–Crippen LogP) is 3.07. The number of halogens is 2. The van der Waals surface area contributed by atoms with E-state index in [0.717, 1.165) is 25.1 Å². The molecule has 7 heteroatoms. The van der Waals surface area contributed by atoms with Crippen molar-refractivity contribution in [3.05, 3.63) is 66.8 Å². The molecule has 1 atom stereocenters. The Hall–Kier alpha value is -1.82. The molecule has 0 aliphatic heterocycles. The van der Waals surface area contributed by atoms with Gasteiger partial charge in [0.05, 0.1) is 18.1 Å². The third-order valence-electron chi connectivity index (χ3n) is 3.92. The van der Waals surface area contributed by atoms with Crippen LogP contribution >= 0.6 is 24.8 Å². The SMILES string of the molecule is C=CCCCN(C)C(=O)[C@@H](N)Cc1cn(Cc2ccccc2)cn1.Cl.Cl. The minimum absolute atomic E-state index is 0. The van der Waals surface area contributed by atoms with Gasteiger partial charge in [0.15, 0.2) is 0 Å². The molecule has 0 bridgehead atoms. The van der Waals surface area contributed by atoms with Gasteiger partial charge in [-0.05, 0) is 18.4 Å². The van der Waals surface area contributed by atoms with Crippen LogP contribution in [0.3, 0.4) is 0 Å². The van der Waals surface area contributed by atoms with Crippen LogP contribution in [-0.4, -0.2) is 40.0 Å². The van der Waals surface area contributed by atoms with Crippen LogP contribution in [0, 0.1) is 0 Å². The van der Waals surface area contributed by atoms with E-state index in [4.69, 9.17) is 5.73 Å². The number of amides is 1. The molecule has 1 heterocycles. The van der Waals surface area contributed by atoms with Crippen molar-refractivity contribution in [3.63, 3.8) is 0 Å². The Labute approximate surface area is 168 Å². The number of carbonyl (C=O) groups excluding carboxylic acids is 1. The number of aromatic nitrogens is 2. The number of hydrogen-bond donors (Lipinski definition) is 1. The molecule has 0 spiro atoms. The second-order valence-corrected chi connectivity index (χ2v) is 6.02. The van der Waals surface area contributed by atoms with Crippen molar-refractivity contribution >= 4 is 30.7 Å². The van der Waals surface area contributed by atoms with Gasteiger partial charge in [0.1, 0.15) is 0 Å². The number of nitrogens with two attached hydrogens (primary N) is 1. The van der Waals surface area contributed by atoms with E-state index in [1.54, 1.807) is 18.3 Å². The Morgan fingerprint density at radius 2 is 2.04 bits per heavy atom. The first-order valence-electron chi connectivity index (χ1n) is 8.26. The van der Waals surface area contributed by atoms with E-state index in [-0.39, 0.29) is 30.7 Å². The van der Waals surface area contributed by atoms with E-state index in [0.29, 0.717) is 13.0 Å². The largest absolute Gasteiger partial charge is 0.344 e. The van der Waals surface area contributed by atoms with E-state index in [2.05, 4.69) is 23.7 Å². The van der Waals surface area contributed by atoms with Crippen LogP contribution in [0.2, 0.25) is 0 Å². The molecular formula is C19H28Cl2N4O. The van der Waals surface area contributed by atoms with Crippen molar-refractivity contribution < 1.29 is 4.79 Å². The molecule has 0 unspecified atom stereocenters. The van der Waals surface area contributed by atoms with Gasteiger partial charge in [-0.1, -0.05) is 36.4 Å². The molecular weight excluding hydrogens is 371 g/mol. The summed E-state index contributed by atoms with van der Waals surface area (Å²) >= 11 is 0. The molecule has 0 aliphatic rings. The molecule has 0 aliphatic carbocycles. The number of imidazole rings is 1. The van der Waals surface area contributed by atoms with Crippen LogP contribution in [0.5, 0.6) is 0 Å². The van der Waals surface area contributed by atoms with E-state index >= 15 is 0 Å². The minimum atomic E-state index is -0.557. The van der Waals surface area contributed by atoms with Crippen molar-refractivity contribution in [1.29, 1.82) is 0 Å². The number of carbonyl (C=O) groups is 1. The van der Waals surface area contributed by atoms with Gasteiger partial charge >= 0.3 is 0 Å². The first-order valence-corrected chi connectivity index (χ1v) is 8.26.